The van der Waals surface area contributed by atoms with Crippen LogP contribution in [0.25, 0.3) is 6.08 Å². The van der Waals surface area contributed by atoms with E-state index in [0.717, 1.165) is 11.3 Å². The van der Waals surface area contributed by atoms with Gasteiger partial charge in [-0.15, -0.1) is 0 Å². The normalized spacial score (nSPS) is 10.5. The number of methoxy groups -OCH3 is 1. The van der Waals surface area contributed by atoms with E-state index in [0.29, 0.717) is 17.7 Å². The Labute approximate surface area is 135 Å². The summed E-state index contributed by atoms with van der Waals surface area (Å²) in [4.78, 5) is 23.3. The summed E-state index contributed by atoms with van der Waals surface area (Å²) in [5, 5.41) is 0. The summed E-state index contributed by atoms with van der Waals surface area (Å²) in [5.74, 6) is 0.788. The number of esters is 1. The zero-order valence-electron chi connectivity index (χ0n) is 13.1. The molecule has 23 heavy (non-hydrogen) atoms. The highest BCUT2D eigenvalue weighted by molar-refractivity contribution is 6.06. The first-order chi connectivity index (χ1) is 11.1. The fourth-order valence-electron chi connectivity index (χ4n) is 1.87. The van der Waals surface area contributed by atoms with Crippen LogP contribution in [0.15, 0.2) is 54.6 Å². The summed E-state index contributed by atoms with van der Waals surface area (Å²) in [5.41, 5.74) is 1.44. The lowest BCUT2D eigenvalue weighted by molar-refractivity contribution is -0.134. The van der Waals surface area contributed by atoms with E-state index in [4.69, 9.17) is 9.47 Å². The highest BCUT2D eigenvalue weighted by Gasteiger charge is 2.04. The molecule has 0 aliphatic carbocycles. The molecule has 0 unspecified atom stereocenters. The van der Waals surface area contributed by atoms with Crippen LogP contribution in [0.1, 0.15) is 29.3 Å². The molecule has 2 aromatic rings. The van der Waals surface area contributed by atoms with Gasteiger partial charge in [0.05, 0.1) is 7.11 Å². The lowest BCUT2D eigenvalue weighted by Gasteiger charge is -2.03. The number of ether oxygens (including phenoxy) is 2. The Morgan fingerprint density at radius 2 is 1.57 bits per heavy atom. The van der Waals surface area contributed by atoms with Crippen LogP contribution in [0.3, 0.4) is 0 Å². The minimum atomic E-state index is -0.302. The summed E-state index contributed by atoms with van der Waals surface area (Å²) in [6.45, 7) is 1.73. The smallest absolute Gasteiger partial charge is 0.310 e. The molecule has 0 heterocycles. The molecule has 0 aliphatic rings. The molecule has 0 amide bonds. The van der Waals surface area contributed by atoms with E-state index in [1.807, 2.05) is 24.3 Å². The van der Waals surface area contributed by atoms with Crippen molar-refractivity contribution in [2.45, 2.75) is 13.3 Å². The number of rotatable bonds is 6. The lowest BCUT2D eigenvalue weighted by Crippen LogP contribution is -2.05. The van der Waals surface area contributed by atoms with Crippen molar-refractivity contribution in [2.75, 3.05) is 7.11 Å². The molecule has 118 valence electrons. The third kappa shape index (κ3) is 4.81. The zero-order valence-corrected chi connectivity index (χ0v) is 13.1. The van der Waals surface area contributed by atoms with Crippen LogP contribution >= 0.6 is 0 Å². The molecule has 0 N–H and O–H groups in total. The van der Waals surface area contributed by atoms with Crippen LogP contribution in [-0.2, 0) is 4.79 Å². The van der Waals surface area contributed by atoms with Crippen LogP contribution in [0.4, 0.5) is 0 Å². The molecule has 0 aliphatic heterocycles. The Morgan fingerprint density at radius 1 is 0.957 bits per heavy atom. The monoisotopic (exact) mass is 310 g/mol. The summed E-state index contributed by atoms with van der Waals surface area (Å²) < 4.78 is 10.2. The lowest BCUT2D eigenvalue weighted by atomic mass is 10.1. The highest BCUT2D eigenvalue weighted by Crippen LogP contribution is 2.15. The molecule has 2 aromatic carbocycles. The largest absolute Gasteiger partial charge is 0.497 e. The third-order valence-electron chi connectivity index (χ3n) is 3.20. The molecule has 0 spiro atoms. The van der Waals surface area contributed by atoms with Crippen LogP contribution in [0.5, 0.6) is 11.5 Å². The van der Waals surface area contributed by atoms with E-state index in [1.165, 1.54) is 6.08 Å². The molecule has 4 heteroatoms. The van der Waals surface area contributed by atoms with Gasteiger partial charge >= 0.3 is 5.97 Å². The van der Waals surface area contributed by atoms with Crippen molar-refractivity contribution in [1.29, 1.82) is 0 Å². The second kappa shape index (κ2) is 7.94. The average Bonchev–Trinajstić information content (AvgIpc) is 2.60. The minimum absolute atomic E-state index is 0.116. The predicted octanol–water partition coefficient (Wildman–Crippen LogP) is 3.91. The van der Waals surface area contributed by atoms with Gasteiger partial charge < -0.3 is 9.47 Å². The summed E-state index contributed by atoms with van der Waals surface area (Å²) >= 11 is 0. The molecule has 0 bridgehead atoms. The second-order valence-corrected chi connectivity index (χ2v) is 4.82. The van der Waals surface area contributed by atoms with Crippen molar-refractivity contribution in [2.24, 2.45) is 0 Å². The number of allylic oxidation sites excluding steroid dienone is 1. The van der Waals surface area contributed by atoms with E-state index in [9.17, 15) is 9.59 Å². The molecule has 0 radical (unpaired) electrons. The standard InChI is InChI=1S/C19H18O4/c1-3-19(21)23-17-11-7-15(8-12-17)18(20)13-6-14-4-9-16(22-2)10-5-14/h4-13H,3H2,1-2H3/b13-6+. The first kappa shape index (κ1) is 16.5. The molecule has 0 saturated carbocycles. The summed E-state index contributed by atoms with van der Waals surface area (Å²) in [6.07, 6.45) is 3.56. The van der Waals surface area contributed by atoms with Gasteiger partial charge in [0, 0.05) is 12.0 Å². The second-order valence-electron chi connectivity index (χ2n) is 4.82. The van der Waals surface area contributed by atoms with Crippen LogP contribution in [0, 0.1) is 0 Å². The van der Waals surface area contributed by atoms with Crippen LogP contribution in [0.2, 0.25) is 0 Å². The fraction of sp³-hybridized carbons (Fsp3) is 0.158. The van der Waals surface area contributed by atoms with E-state index in [2.05, 4.69) is 0 Å². The molecular formula is C19H18O4. The molecule has 2 rings (SSSR count). The van der Waals surface area contributed by atoms with Crippen molar-refractivity contribution in [1.82, 2.24) is 0 Å². The van der Waals surface area contributed by atoms with Crippen LogP contribution in [-0.4, -0.2) is 18.9 Å². The first-order valence-electron chi connectivity index (χ1n) is 7.29. The predicted molar refractivity (Wildman–Crippen MR) is 88.7 cm³/mol. The van der Waals surface area contributed by atoms with Gasteiger partial charge in [-0.2, -0.15) is 0 Å². The Bertz CT molecular complexity index is 697. The van der Waals surface area contributed by atoms with Gasteiger partial charge in [-0.05, 0) is 48.0 Å². The number of hydrogen-bond acceptors (Lipinski definition) is 4. The van der Waals surface area contributed by atoms with Crippen molar-refractivity contribution in [3.63, 3.8) is 0 Å². The average molecular weight is 310 g/mol. The Hall–Kier alpha value is -2.88. The first-order valence-corrected chi connectivity index (χ1v) is 7.29. The maximum atomic E-state index is 12.1. The number of hydrogen-bond donors (Lipinski definition) is 0. The van der Waals surface area contributed by atoms with Gasteiger partial charge in [-0.25, -0.2) is 0 Å². The SMILES string of the molecule is CCC(=O)Oc1ccc(C(=O)/C=C/c2ccc(OC)cc2)cc1. The number of carbonyl (C=O) groups excluding carboxylic acids is 2. The topological polar surface area (TPSA) is 52.6 Å². The summed E-state index contributed by atoms with van der Waals surface area (Å²) in [7, 11) is 1.61. The zero-order chi connectivity index (χ0) is 16.7. The quantitative estimate of drug-likeness (QED) is 0.351. The Balaban J connectivity index is 2.02. The Kier molecular flexibility index (Phi) is 5.69. The molecule has 0 fully saturated rings. The van der Waals surface area contributed by atoms with Crippen LogP contribution < -0.4 is 9.47 Å². The van der Waals surface area contributed by atoms with Gasteiger partial charge in [0.25, 0.3) is 0 Å². The molecule has 0 atom stereocenters. The maximum Gasteiger partial charge on any atom is 0.310 e. The number of ketones is 1. The van der Waals surface area contributed by atoms with Gasteiger partial charge in [-0.3, -0.25) is 9.59 Å². The van der Waals surface area contributed by atoms with Crippen molar-refractivity contribution < 1.29 is 19.1 Å². The van der Waals surface area contributed by atoms with Gasteiger partial charge in [0.15, 0.2) is 5.78 Å². The van der Waals surface area contributed by atoms with Gasteiger partial charge in [-0.1, -0.05) is 25.1 Å². The Morgan fingerprint density at radius 3 is 2.13 bits per heavy atom. The number of carbonyl (C=O) groups is 2. The van der Waals surface area contributed by atoms with E-state index < -0.39 is 0 Å². The van der Waals surface area contributed by atoms with Crippen molar-refractivity contribution >= 4 is 17.8 Å². The molecule has 0 aromatic heterocycles. The van der Waals surface area contributed by atoms with Gasteiger partial charge in [0.1, 0.15) is 11.5 Å². The third-order valence-corrected chi connectivity index (χ3v) is 3.20. The number of benzene rings is 2. The maximum absolute atomic E-state index is 12.1. The van der Waals surface area contributed by atoms with Crippen molar-refractivity contribution in [3.8, 4) is 11.5 Å². The van der Waals surface area contributed by atoms with Gasteiger partial charge in [0.2, 0.25) is 0 Å². The fourth-order valence-corrected chi connectivity index (χ4v) is 1.87. The molecule has 0 saturated heterocycles. The molecule has 4 nitrogen and oxygen atoms in total. The van der Waals surface area contributed by atoms with E-state index in [1.54, 1.807) is 44.4 Å². The van der Waals surface area contributed by atoms with Crippen molar-refractivity contribution in [3.05, 3.63) is 65.7 Å². The van der Waals surface area contributed by atoms with E-state index >= 15 is 0 Å². The highest BCUT2D eigenvalue weighted by atomic mass is 16.5. The summed E-state index contributed by atoms with van der Waals surface area (Å²) in [6, 6.07) is 13.9. The van der Waals surface area contributed by atoms with E-state index in [-0.39, 0.29) is 11.8 Å². The molecular weight excluding hydrogens is 292 g/mol. The minimum Gasteiger partial charge on any atom is -0.497 e.